The molecule has 1 nitrogen and oxygen atoms in total. The second-order valence-electron chi connectivity index (χ2n) is 5.41. The highest BCUT2D eigenvalue weighted by Crippen LogP contribution is 2.36. The zero-order valence-corrected chi connectivity index (χ0v) is 10.5. The lowest BCUT2D eigenvalue weighted by molar-refractivity contribution is 0.609. The molecule has 2 rings (SSSR count). The van der Waals surface area contributed by atoms with E-state index in [2.05, 4.69) is 38.1 Å². The lowest BCUT2D eigenvalue weighted by Crippen LogP contribution is -2.22. The van der Waals surface area contributed by atoms with E-state index < -0.39 is 0 Å². The molecule has 1 unspecified atom stereocenters. The van der Waals surface area contributed by atoms with Crippen LogP contribution in [-0.2, 0) is 6.42 Å². The number of nitrogens with two attached hydrogens (primary N) is 1. The van der Waals surface area contributed by atoms with Crippen LogP contribution in [0.2, 0.25) is 0 Å². The summed E-state index contributed by atoms with van der Waals surface area (Å²) < 4.78 is 0. The summed E-state index contributed by atoms with van der Waals surface area (Å²) in [4.78, 5) is 0. The summed E-state index contributed by atoms with van der Waals surface area (Å²) in [6.07, 6.45) is 5.94. The van der Waals surface area contributed by atoms with Crippen molar-refractivity contribution in [3.63, 3.8) is 0 Å². The number of hydrogen-bond donors (Lipinski definition) is 1. The summed E-state index contributed by atoms with van der Waals surface area (Å²) in [5.74, 6) is 0.679. The van der Waals surface area contributed by atoms with E-state index in [-0.39, 0.29) is 5.54 Å². The van der Waals surface area contributed by atoms with E-state index in [0.717, 1.165) is 12.8 Å². The van der Waals surface area contributed by atoms with Crippen LogP contribution in [-0.4, -0.2) is 5.54 Å². The quantitative estimate of drug-likeness (QED) is 0.801. The third kappa shape index (κ3) is 2.85. The Bertz CT molecular complexity index is 335. The van der Waals surface area contributed by atoms with Crippen molar-refractivity contribution in [3.05, 3.63) is 35.4 Å². The minimum absolute atomic E-state index is 0.190. The van der Waals surface area contributed by atoms with Gasteiger partial charge in [-0.2, -0.15) is 0 Å². The number of rotatable bonds is 5. The summed E-state index contributed by atoms with van der Waals surface area (Å²) in [6.45, 7) is 4.53. The van der Waals surface area contributed by atoms with E-state index in [1.165, 1.54) is 30.4 Å². The molecule has 1 aromatic carbocycles. The second-order valence-corrected chi connectivity index (χ2v) is 5.41. The van der Waals surface area contributed by atoms with Crippen molar-refractivity contribution < 1.29 is 0 Å². The van der Waals surface area contributed by atoms with Gasteiger partial charge in [0, 0.05) is 5.54 Å². The van der Waals surface area contributed by atoms with Crippen molar-refractivity contribution >= 4 is 0 Å². The van der Waals surface area contributed by atoms with Crippen molar-refractivity contribution in [1.82, 2.24) is 0 Å². The zero-order chi connectivity index (χ0) is 11.6. The molecule has 0 aliphatic heterocycles. The summed E-state index contributed by atoms with van der Waals surface area (Å²) in [7, 11) is 0. The van der Waals surface area contributed by atoms with Crippen LogP contribution >= 0.6 is 0 Å². The van der Waals surface area contributed by atoms with Crippen LogP contribution in [0.1, 0.15) is 56.6 Å². The topological polar surface area (TPSA) is 26.0 Å². The normalized spacial score (nSPS) is 19.4. The molecule has 1 heteroatoms. The van der Waals surface area contributed by atoms with Gasteiger partial charge in [-0.1, -0.05) is 38.1 Å². The minimum Gasteiger partial charge on any atom is -0.325 e. The van der Waals surface area contributed by atoms with Crippen molar-refractivity contribution in [2.24, 2.45) is 5.73 Å². The van der Waals surface area contributed by atoms with Crippen LogP contribution in [0.15, 0.2) is 24.3 Å². The molecule has 1 aliphatic carbocycles. The SMILES string of the molecule is CCC(C)c1ccc(CCC2(N)CC2)cc1. The molecule has 0 spiro atoms. The van der Waals surface area contributed by atoms with Crippen molar-refractivity contribution in [2.45, 2.75) is 57.4 Å². The summed E-state index contributed by atoms with van der Waals surface area (Å²) >= 11 is 0. The number of hydrogen-bond acceptors (Lipinski definition) is 1. The van der Waals surface area contributed by atoms with Gasteiger partial charge in [0.05, 0.1) is 0 Å². The molecule has 1 aromatic rings. The molecule has 1 fully saturated rings. The maximum absolute atomic E-state index is 6.09. The molecule has 0 radical (unpaired) electrons. The molecule has 0 saturated heterocycles. The Labute approximate surface area is 99.0 Å². The molecule has 1 atom stereocenters. The third-order valence-corrected chi connectivity index (χ3v) is 3.96. The van der Waals surface area contributed by atoms with E-state index in [4.69, 9.17) is 5.73 Å². The van der Waals surface area contributed by atoms with Gasteiger partial charge in [-0.15, -0.1) is 0 Å². The fraction of sp³-hybridized carbons (Fsp3) is 0.600. The van der Waals surface area contributed by atoms with Gasteiger partial charge in [0.1, 0.15) is 0 Å². The Balaban J connectivity index is 1.91. The molecule has 88 valence electrons. The molecule has 16 heavy (non-hydrogen) atoms. The first-order chi connectivity index (χ1) is 7.63. The van der Waals surface area contributed by atoms with Gasteiger partial charge < -0.3 is 5.73 Å². The van der Waals surface area contributed by atoms with E-state index >= 15 is 0 Å². The summed E-state index contributed by atoms with van der Waals surface area (Å²) in [6, 6.07) is 9.10. The van der Waals surface area contributed by atoms with Crippen LogP contribution in [0, 0.1) is 0 Å². The lowest BCUT2D eigenvalue weighted by atomic mass is 9.96. The first-order valence-corrected chi connectivity index (χ1v) is 6.51. The zero-order valence-electron chi connectivity index (χ0n) is 10.5. The van der Waals surface area contributed by atoms with Crippen molar-refractivity contribution in [2.75, 3.05) is 0 Å². The average molecular weight is 217 g/mol. The van der Waals surface area contributed by atoms with Gasteiger partial charge in [0.25, 0.3) is 0 Å². The second kappa shape index (κ2) is 4.58. The Morgan fingerprint density at radius 2 is 1.88 bits per heavy atom. The Morgan fingerprint density at radius 3 is 2.38 bits per heavy atom. The summed E-state index contributed by atoms with van der Waals surface area (Å²) in [5, 5.41) is 0. The van der Waals surface area contributed by atoms with E-state index in [9.17, 15) is 0 Å². The fourth-order valence-electron chi connectivity index (χ4n) is 2.05. The maximum Gasteiger partial charge on any atom is 0.0158 e. The maximum atomic E-state index is 6.09. The first kappa shape index (κ1) is 11.7. The largest absolute Gasteiger partial charge is 0.325 e. The van der Waals surface area contributed by atoms with E-state index in [1.54, 1.807) is 0 Å². The highest BCUT2D eigenvalue weighted by atomic mass is 14.8. The molecule has 1 aliphatic rings. The molecule has 0 aromatic heterocycles. The molecule has 0 amide bonds. The molecule has 1 saturated carbocycles. The van der Waals surface area contributed by atoms with Gasteiger partial charge in [0.2, 0.25) is 0 Å². The monoisotopic (exact) mass is 217 g/mol. The Kier molecular flexibility index (Phi) is 3.34. The highest BCUT2D eigenvalue weighted by molar-refractivity contribution is 5.25. The first-order valence-electron chi connectivity index (χ1n) is 6.51. The van der Waals surface area contributed by atoms with E-state index in [0.29, 0.717) is 5.92 Å². The van der Waals surface area contributed by atoms with Crippen LogP contribution < -0.4 is 5.73 Å². The van der Waals surface area contributed by atoms with Crippen molar-refractivity contribution in [3.8, 4) is 0 Å². The van der Waals surface area contributed by atoms with Gasteiger partial charge in [0.15, 0.2) is 0 Å². The molecule has 2 N–H and O–H groups in total. The standard InChI is InChI=1S/C15H23N/c1-3-12(2)14-6-4-13(5-7-14)8-9-15(16)10-11-15/h4-7,12H,3,8-11,16H2,1-2H3. The average Bonchev–Trinajstić information content (AvgIpc) is 3.05. The van der Waals surface area contributed by atoms with Crippen LogP contribution in [0.4, 0.5) is 0 Å². The highest BCUT2D eigenvalue weighted by Gasteiger charge is 2.37. The van der Waals surface area contributed by atoms with Crippen LogP contribution in [0.5, 0.6) is 0 Å². The lowest BCUT2D eigenvalue weighted by Gasteiger charge is -2.11. The Morgan fingerprint density at radius 1 is 1.25 bits per heavy atom. The molecular formula is C15H23N. The van der Waals surface area contributed by atoms with Gasteiger partial charge in [-0.3, -0.25) is 0 Å². The predicted octanol–water partition coefficient (Wildman–Crippen LogP) is 3.62. The third-order valence-electron chi connectivity index (χ3n) is 3.96. The van der Waals surface area contributed by atoms with Gasteiger partial charge in [-0.25, -0.2) is 0 Å². The fourth-order valence-corrected chi connectivity index (χ4v) is 2.05. The Hall–Kier alpha value is -0.820. The molecule has 0 heterocycles. The minimum atomic E-state index is 0.190. The van der Waals surface area contributed by atoms with E-state index in [1.807, 2.05) is 0 Å². The van der Waals surface area contributed by atoms with Gasteiger partial charge >= 0.3 is 0 Å². The number of benzene rings is 1. The van der Waals surface area contributed by atoms with Crippen molar-refractivity contribution in [1.29, 1.82) is 0 Å². The summed E-state index contributed by atoms with van der Waals surface area (Å²) in [5.41, 5.74) is 9.18. The predicted molar refractivity (Wildman–Crippen MR) is 69.6 cm³/mol. The van der Waals surface area contributed by atoms with Crippen LogP contribution in [0.25, 0.3) is 0 Å². The molecular weight excluding hydrogens is 194 g/mol. The smallest absolute Gasteiger partial charge is 0.0158 e. The number of aryl methyl sites for hydroxylation is 1. The molecule has 0 bridgehead atoms. The van der Waals surface area contributed by atoms with Crippen LogP contribution in [0.3, 0.4) is 0 Å². The van der Waals surface area contributed by atoms with Gasteiger partial charge in [-0.05, 0) is 49.1 Å².